The SMILES string of the molecule is CN=C(NCc1ccc(S(=O)(=O)NC)cc1)N(C)Cc1ccc(F)cc1. The second-order valence-corrected chi connectivity index (χ2v) is 7.62. The Balaban J connectivity index is 1.96. The maximum atomic E-state index is 13.0. The molecule has 0 atom stereocenters. The van der Waals surface area contributed by atoms with Crippen LogP contribution < -0.4 is 10.0 Å². The summed E-state index contributed by atoms with van der Waals surface area (Å²) in [6.45, 7) is 1.08. The molecule has 0 bridgehead atoms. The van der Waals surface area contributed by atoms with Crippen LogP contribution in [0.15, 0.2) is 58.4 Å². The van der Waals surface area contributed by atoms with Gasteiger partial charge in [-0.05, 0) is 42.4 Å². The number of nitrogens with zero attached hydrogens (tertiary/aromatic N) is 2. The number of guanidine groups is 1. The fourth-order valence-corrected chi connectivity index (χ4v) is 3.14. The molecule has 0 amide bonds. The quantitative estimate of drug-likeness (QED) is 0.595. The molecule has 0 unspecified atom stereocenters. The van der Waals surface area contributed by atoms with Gasteiger partial charge in [0.05, 0.1) is 4.90 Å². The van der Waals surface area contributed by atoms with E-state index >= 15 is 0 Å². The highest BCUT2D eigenvalue weighted by atomic mass is 32.2. The normalized spacial score (nSPS) is 12.1. The second kappa shape index (κ2) is 8.77. The van der Waals surface area contributed by atoms with E-state index in [1.165, 1.54) is 19.2 Å². The number of rotatable bonds is 6. The van der Waals surface area contributed by atoms with Crippen molar-refractivity contribution in [1.82, 2.24) is 14.9 Å². The lowest BCUT2D eigenvalue weighted by atomic mass is 10.2. The van der Waals surface area contributed by atoms with Crippen molar-refractivity contribution < 1.29 is 12.8 Å². The van der Waals surface area contributed by atoms with Gasteiger partial charge in [0.2, 0.25) is 10.0 Å². The number of sulfonamides is 1. The van der Waals surface area contributed by atoms with Gasteiger partial charge >= 0.3 is 0 Å². The van der Waals surface area contributed by atoms with Crippen LogP contribution in [0.25, 0.3) is 0 Å². The molecule has 6 nitrogen and oxygen atoms in total. The van der Waals surface area contributed by atoms with Gasteiger partial charge in [0.1, 0.15) is 5.82 Å². The molecule has 26 heavy (non-hydrogen) atoms. The fraction of sp³-hybridized carbons (Fsp3) is 0.278. The van der Waals surface area contributed by atoms with E-state index in [1.54, 1.807) is 43.4 Å². The predicted octanol–water partition coefficient (Wildman–Crippen LogP) is 1.94. The van der Waals surface area contributed by atoms with E-state index in [0.29, 0.717) is 19.0 Å². The number of halogens is 1. The molecule has 2 aromatic carbocycles. The predicted molar refractivity (Wildman–Crippen MR) is 101 cm³/mol. The molecule has 0 aromatic heterocycles. The zero-order valence-corrected chi connectivity index (χ0v) is 15.8. The van der Waals surface area contributed by atoms with Gasteiger partial charge in [-0.3, -0.25) is 4.99 Å². The maximum Gasteiger partial charge on any atom is 0.240 e. The monoisotopic (exact) mass is 378 g/mol. The lowest BCUT2D eigenvalue weighted by molar-refractivity contribution is 0.476. The van der Waals surface area contributed by atoms with E-state index in [2.05, 4.69) is 15.0 Å². The van der Waals surface area contributed by atoms with E-state index in [1.807, 2.05) is 11.9 Å². The third-order valence-corrected chi connectivity index (χ3v) is 5.29. The summed E-state index contributed by atoms with van der Waals surface area (Å²) in [5, 5.41) is 3.23. The minimum atomic E-state index is -3.43. The van der Waals surface area contributed by atoms with Gasteiger partial charge in [-0.15, -0.1) is 0 Å². The third-order valence-electron chi connectivity index (χ3n) is 3.86. The minimum absolute atomic E-state index is 0.224. The van der Waals surface area contributed by atoms with Crippen LogP contribution in [0, 0.1) is 5.82 Å². The highest BCUT2D eigenvalue weighted by Crippen LogP contribution is 2.10. The van der Waals surface area contributed by atoms with Crippen LogP contribution in [-0.2, 0) is 23.1 Å². The maximum absolute atomic E-state index is 13.0. The van der Waals surface area contributed by atoms with Crippen LogP contribution >= 0.6 is 0 Å². The molecule has 0 aliphatic heterocycles. The molecular formula is C18H23FN4O2S. The molecule has 2 aromatic rings. The Morgan fingerprint density at radius 1 is 1.08 bits per heavy atom. The lowest BCUT2D eigenvalue weighted by Crippen LogP contribution is -2.38. The first-order chi connectivity index (χ1) is 12.4. The van der Waals surface area contributed by atoms with Crippen LogP contribution in [0.3, 0.4) is 0 Å². The summed E-state index contributed by atoms with van der Waals surface area (Å²) in [5.74, 6) is 0.420. The van der Waals surface area contributed by atoms with E-state index in [9.17, 15) is 12.8 Å². The van der Waals surface area contributed by atoms with Crippen molar-refractivity contribution in [2.45, 2.75) is 18.0 Å². The summed E-state index contributed by atoms with van der Waals surface area (Å²) in [6.07, 6.45) is 0. The van der Waals surface area contributed by atoms with Gasteiger partial charge in [-0.2, -0.15) is 0 Å². The highest BCUT2D eigenvalue weighted by molar-refractivity contribution is 7.89. The molecule has 140 valence electrons. The molecule has 0 fully saturated rings. The van der Waals surface area contributed by atoms with Crippen molar-refractivity contribution in [2.24, 2.45) is 4.99 Å². The standard InChI is InChI=1S/C18H23FN4O2S/c1-20-18(23(3)13-15-4-8-16(19)9-5-15)22-12-14-6-10-17(11-7-14)26(24,25)21-2/h4-11,21H,12-13H2,1-3H3,(H,20,22). The van der Waals surface area contributed by atoms with Gasteiger partial charge in [0.15, 0.2) is 5.96 Å². The van der Waals surface area contributed by atoms with Crippen LogP contribution in [-0.4, -0.2) is 40.4 Å². The fourth-order valence-electron chi connectivity index (χ4n) is 2.41. The smallest absolute Gasteiger partial charge is 0.240 e. The van der Waals surface area contributed by atoms with Crippen molar-refractivity contribution in [3.63, 3.8) is 0 Å². The van der Waals surface area contributed by atoms with Gasteiger partial charge < -0.3 is 10.2 Å². The summed E-state index contributed by atoms with van der Waals surface area (Å²) in [4.78, 5) is 6.39. The molecule has 0 saturated carbocycles. The first kappa shape index (κ1) is 19.9. The number of nitrogens with one attached hydrogen (secondary N) is 2. The van der Waals surface area contributed by atoms with Gasteiger partial charge in [-0.1, -0.05) is 24.3 Å². The molecule has 0 radical (unpaired) electrons. The molecule has 0 aliphatic carbocycles. The zero-order chi connectivity index (χ0) is 19.2. The van der Waals surface area contributed by atoms with Crippen molar-refractivity contribution >= 4 is 16.0 Å². The van der Waals surface area contributed by atoms with Gasteiger partial charge in [-0.25, -0.2) is 17.5 Å². The van der Waals surface area contributed by atoms with E-state index in [-0.39, 0.29) is 10.7 Å². The van der Waals surface area contributed by atoms with Crippen LogP contribution in [0.4, 0.5) is 4.39 Å². The molecule has 0 aliphatic rings. The first-order valence-electron chi connectivity index (χ1n) is 8.04. The lowest BCUT2D eigenvalue weighted by Gasteiger charge is -2.22. The Bertz CT molecular complexity index is 850. The summed E-state index contributed by atoms with van der Waals surface area (Å²) in [6, 6.07) is 13.0. The molecule has 0 spiro atoms. The third kappa shape index (κ3) is 5.27. The molecule has 2 rings (SSSR count). The number of hydrogen-bond donors (Lipinski definition) is 2. The number of hydrogen-bond acceptors (Lipinski definition) is 3. The summed E-state index contributed by atoms with van der Waals surface area (Å²) < 4.78 is 38.7. The average molecular weight is 378 g/mol. The molecule has 0 saturated heterocycles. The Kier molecular flexibility index (Phi) is 6.70. The summed E-state index contributed by atoms with van der Waals surface area (Å²) in [7, 11) is 1.53. The van der Waals surface area contributed by atoms with Crippen molar-refractivity contribution in [1.29, 1.82) is 0 Å². The average Bonchev–Trinajstić information content (AvgIpc) is 2.64. The number of benzene rings is 2. The van der Waals surface area contributed by atoms with Gasteiger partial charge in [0, 0.05) is 27.2 Å². The van der Waals surface area contributed by atoms with E-state index < -0.39 is 10.0 Å². The Morgan fingerprint density at radius 3 is 2.19 bits per heavy atom. The second-order valence-electron chi connectivity index (χ2n) is 5.73. The highest BCUT2D eigenvalue weighted by Gasteiger charge is 2.11. The van der Waals surface area contributed by atoms with Crippen LogP contribution in [0.5, 0.6) is 0 Å². The molecular weight excluding hydrogens is 355 g/mol. The Morgan fingerprint density at radius 2 is 1.65 bits per heavy atom. The zero-order valence-electron chi connectivity index (χ0n) is 15.0. The van der Waals surface area contributed by atoms with Crippen LogP contribution in [0.2, 0.25) is 0 Å². The first-order valence-corrected chi connectivity index (χ1v) is 9.52. The van der Waals surface area contributed by atoms with E-state index in [4.69, 9.17) is 0 Å². The topological polar surface area (TPSA) is 73.8 Å². The van der Waals surface area contributed by atoms with E-state index in [0.717, 1.165) is 11.1 Å². The minimum Gasteiger partial charge on any atom is -0.352 e. The van der Waals surface area contributed by atoms with Gasteiger partial charge in [0.25, 0.3) is 0 Å². The van der Waals surface area contributed by atoms with Crippen LogP contribution in [0.1, 0.15) is 11.1 Å². The Hall–Kier alpha value is -2.45. The summed E-state index contributed by atoms with van der Waals surface area (Å²) in [5.41, 5.74) is 1.90. The van der Waals surface area contributed by atoms with Crippen molar-refractivity contribution in [2.75, 3.05) is 21.1 Å². The van der Waals surface area contributed by atoms with Crippen molar-refractivity contribution in [3.05, 3.63) is 65.5 Å². The summed E-state index contributed by atoms with van der Waals surface area (Å²) >= 11 is 0. The molecule has 0 heterocycles. The Labute approximate surface area is 153 Å². The largest absolute Gasteiger partial charge is 0.352 e. The van der Waals surface area contributed by atoms with Crippen molar-refractivity contribution in [3.8, 4) is 0 Å². The number of aliphatic imine (C=N–C) groups is 1. The molecule has 8 heteroatoms. The molecule has 2 N–H and O–H groups in total.